The lowest BCUT2D eigenvalue weighted by Crippen LogP contribution is -2.38. The Balaban J connectivity index is 2.22. The number of amides is 2. The monoisotopic (exact) mass is 617 g/mol. The van der Waals surface area contributed by atoms with Crippen molar-refractivity contribution in [2.24, 2.45) is 0 Å². The Kier molecular flexibility index (Phi) is 12.1. The molecule has 0 aliphatic carbocycles. The summed E-state index contributed by atoms with van der Waals surface area (Å²) >= 11 is 0. The highest BCUT2D eigenvalue weighted by Crippen LogP contribution is 2.31. The molecule has 2 aromatic rings. The van der Waals surface area contributed by atoms with E-state index in [2.05, 4.69) is 16.0 Å². The van der Waals surface area contributed by atoms with Crippen molar-refractivity contribution >= 4 is 52.8 Å². The Morgan fingerprint density at radius 3 is 1.98 bits per heavy atom. The average Bonchev–Trinajstić information content (AvgIpc) is 2.92. The van der Waals surface area contributed by atoms with Gasteiger partial charge in [0.15, 0.2) is 0 Å². The maximum absolute atomic E-state index is 13.3. The molecular weight excluding hydrogens is 589 g/mol. The van der Waals surface area contributed by atoms with Gasteiger partial charge >= 0.3 is 26.4 Å². The maximum Gasteiger partial charge on any atom is 0.488 e. The molecule has 228 valence electrons. The van der Waals surface area contributed by atoms with Crippen molar-refractivity contribution in [3.8, 4) is 0 Å². The van der Waals surface area contributed by atoms with Crippen LogP contribution in [0.4, 0.5) is 13.2 Å². The summed E-state index contributed by atoms with van der Waals surface area (Å²) in [5, 5.41) is 54.3. The third kappa shape index (κ3) is 9.53. The second kappa shape index (κ2) is 14.6. The number of carboxylic acids is 1. The lowest BCUT2D eigenvalue weighted by Gasteiger charge is -2.14. The van der Waals surface area contributed by atoms with Crippen LogP contribution >= 0.6 is 0 Å². The summed E-state index contributed by atoms with van der Waals surface area (Å²) in [7, 11) is -8.14. The molecule has 0 fully saturated rings. The lowest BCUT2D eigenvalue weighted by atomic mass is 9.79. The molecule has 0 saturated heterocycles. The SMILES string of the molecule is CN[C@@H](CCCCNC(=O)CNC(=O)c1cc(B(O)O)cc(S(=O)(=O)c2cc(B(O)O)cc(C(F)(F)F)c2)c1)C(=O)O. The van der Waals surface area contributed by atoms with Gasteiger partial charge in [-0.15, -0.1) is 0 Å². The third-order valence-corrected chi connectivity index (χ3v) is 7.67. The van der Waals surface area contributed by atoms with Crippen LogP contribution in [0.5, 0.6) is 0 Å². The van der Waals surface area contributed by atoms with Crippen LogP contribution in [-0.4, -0.2) is 91.8 Å². The van der Waals surface area contributed by atoms with Crippen LogP contribution in [0.3, 0.4) is 0 Å². The number of hydrogen-bond donors (Lipinski definition) is 8. The number of sulfone groups is 1. The fourth-order valence-corrected chi connectivity index (χ4v) is 5.12. The van der Waals surface area contributed by atoms with Gasteiger partial charge in [-0.2, -0.15) is 13.2 Å². The molecule has 42 heavy (non-hydrogen) atoms. The van der Waals surface area contributed by atoms with E-state index in [0.29, 0.717) is 37.5 Å². The van der Waals surface area contributed by atoms with Gasteiger partial charge in [-0.05, 0) is 67.6 Å². The second-order valence-electron chi connectivity index (χ2n) is 9.04. The van der Waals surface area contributed by atoms with Gasteiger partial charge in [-0.3, -0.25) is 14.4 Å². The van der Waals surface area contributed by atoms with Gasteiger partial charge in [0.1, 0.15) is 6.04 Å². The standard InChI is InChI=1S/C23H28B2F3N3O10S/c1-29-19(22(34)35)4-2-3-5-30-20(32)12-31-21(33)13-6-15(24(36)37)10-17(7-13)42(40,41)18-9-14(23(26,27)28)8-16(11-18)25(38)39/h6-11,19,29,36-39H,2-5,12H2,1H3,(H,30,32)(H,31,33)(H,34,35)/t19-/m0/s1. The first-order valence-electron chi connectivity index (χ1n) is 12.3. The van der Waals surface area contributed by atoms with Crippen molar-refractivity contribution in [3.63, 3.8) is 0 Å². The number of carbonyl (C=O) groups is 3. The van der Waals surface area contributed by atoms with Gasteiger partial charge < -0.3 is 41.2 Å². The first kappa shape index (κ1) is 34.7. The van der Waals surface area contributed by atoms with E-state index in [4.69, 9.17) is 5.11 Å². The van der Waals surface area contributed by atoms with Crippen molar-refractivity contribution in [2.75, 3.05) is 20.1 Å². The molecule has 0 saturated carbocycles. The highest BCUT2D eigenvalue weighted by Gasteiger charge is 2.34. The van der Waals surface area contributed by atoms with Crippen molar-refractivity contribution in [3.05, 3.63) is 47.5 Å². The van der Waals surface area contributed by atoms with E-state index in [1.807, 2.05) is 0 Å². The van der Waals surface area contributed by atoms with Gasteiger partial charge in [-0.1, -0.05) is 6.07 Å². The van der Waals surface area contributed by atoms with Crippen LogP contribution in [0.25, 0.3) is 0 Å². The molecule has 0 spiro atoms. The minimum Gasteiger partial charge on any atom is -0.480 e. The normalized spacial score (nSPS) is 12.4. The van der Waals surface area contributed by atoms with E-state index in [1.165, 1.54) is 7.05 Å². The topological polar surface area (TPSA) is 223 Å². The Bertz CT molecular complexity index is 1410. The van der Waals surface area contributed by atoms with Crippen LogP contribution in [-0.2, 0) is 25.6 Å². The molecule has 0 heterocycles. The predicted octanol–water partition coefficient (Wildman–Crippen LogP) is -2.41. The number of carboxylic acid groups (broad SMARTS) is 1. The molecule has 0 bridgehead atoms. The highest BCUT2D eigenvalue weighted by atomic mass is 32.2. The molecule has 1 atom stereocenters. The van der Waals surface area contributed by atoms with E-state index in [9.17, 15) is 56.1 Å². The summed E-state index contributed by atoms with van der Waals surface area (Å²) in [4.78, 5) is 33.9. The summed E-state index contributed by atoms with van der Waals surface area (Å²) in [6.45, 7) is -0.409. The van der Waals surface area contributed by atoms with Crippen LogP contribution in [0.15, 0.2) is 46.2 Å². The predicted molar refractivity (Wildman–Crippen MR) is 143 cm³/mol. The quantitative estimate of drug-likeness (QED) is 0.0824. The Morgan fingerprint density at radius 1 is 0.881 bits per heavy atom. The number of carbonyl (C=O) groups excluding carboxylic acids is 2. The number of halogens is 3. The first-order valence-corrected chi connectivity index (χ1v) is 13.7. The van der Waals surface area contributed by atoms with Crippen LogP contribution < -0.4 is 26.9 Å². The number of hydrogen-bond acceptors (Lipinski definition) is 10. The Labute approximate surface area is 239 Å². The van der Waals surface area contributed by atoms with E-state index in [0.717, 1.165) is 12.1 Å². The molecule has 19 heteroatoms. The molecular formula is C23H28B2F3N3O10S. The molecule has 8 N–H and O–H groups in total. The van der Waals surface area contributed by atoms with Gasteiger partial charge in [0.2, 0.25) is 15.7 Å². The second-order valence-corrected chi connectivity index (χ2v) is 11.0. The molecule has 2 aromatic carbocycles. The summed E-state index contributed by atoms with van der Waals surface area (Å²) in [6.07, 6.45) is -3.83. The molecule has 0 aliphatic heterocycles. The summed E-state index contributed by atoms with van der Waals surface area (Å²) < 4.78 is 66.5. The number of benzene rings is 2. The fourth-order valence-electron chi connectivity index (χ4n) is 3.70. The van der Waals surface area contributed by atoms with E-state index < -0.39 is 92.5 Å². The van der Waals surface area contributed by atoms with Gasteiger partial charge in [-0.25, -0.2) is 8.42 Å². The highest BCUT2D eigenvalue weighted by molar-refractivity contribution is 7.91. The van der Waals surface area contributed by atoms with E-state index in [1.54, 1.807) is 0 Å². The largest absolute Gasteiger partial charge is 0.488 e. The fraction of sp³-hybridized carbons (Fsp3) is 0.348. The van der Waals surface area contributed by atoms with Crippen molar-refractivity contribution in [1.82, 2.24) is 16.0 Å². The van der Waals surface area contributed by atoms with E-state index in [-0.39, 0.29) is 12.6 Å². The minimum absolute atomic E-state index is 0.168. The molecule has 0 aliphatic rings. The number of aliphatic carboxylic acids is 1. The lowest BCUT2D eigenvalue weighted by molar-refractivity contribution is -0.139. The zero-order valence-corrected chi connectivity index (χ0v) is 22.9. The van der Waals surface area contributed by atoms with Gasteiger partial charge in [0, 0.05) is 12.1 Å². The zero-order valence-electron chi connectivity index (χ0n) is 22.1. The smallest absolute Gasteiger partial charge is 0.480 e. The summed E-state index contributed by atoms with van der Waals surface area (Å²) in [6, 6.07) is 2.78. The minimum atomic E-state index is -5.06. The van der Waals surface area contributed by atoms with Crippen molar-refractivity contribution in [2.45, 2.75) is 41.3 Å². The number of nitrogens with one attached hydrogen (secondary N) is 3. The van der Waals surface area contributed by atoms with E-state index >= 15 is 0 Å². The first-order chi connectivity index (χ1) is 19.5. The third-order valence-electron chi connectivity index (χ3n) is 5.96. The van der Waals surface area contributed by atoms with Gasteiger partial charge in [0.25, 0.3) is 5.91 Å². The zero-order chi connectivity index (χ0) is 31.8. The Morgan fingerprint density at radius 2 is 1.45 bits per heavy atom. The van der Waals surface area contributed by atoms with Crippen LogP contribution in [0.2, 0.25) is 0 Å². The molecule has 0 aromatic heterocycles. The Hall–Kier alpha value is -3.48. The maximum atomic E-state index is 13.3. The molecule has 2 amide bonds. The molecule has 0 unspecified atom stereocenters. The molecule has 2 rings (SSSR count). The number of likely N-dealkylation sites (N-methyl/N-ethyl adjacent to an activating group) is 1. The van der Waals surface area contributed by atoms with Gasteiger partial charge in [0.05, 0.1) is 21.9 Å². The molecule has 13 nitrogen and oxygen atoms in total. The number of rotatable bonds is 14. The van der Waals surface area contributed by atoms with Crippen molar-refractivity contribution in [1.29, 1.82) is 0 Å². The molecule has 0 radical (unpaired) electrons. The number of alkyl halides is 3. The number of unbranched alkanes of at least 4 members (excludes halogenated alkanes) is 1. The summed E-state index contributed by atoms with van der Waals surface area (Å²) in [5.41, 5.74) is -3.28. The summed E-state index contributed by atoms with van der Waals surface area (Å²) in [5.74, 6) is -2.68. The van der Waals surface area contributed by atoms with Crippen LogP contribution in [0, 0.1) is 0 Å². The average molecular weight is 617 g/mol. The van der Waals surface area contributed by atoms with Crippen molar-refractivity contribution < 1.29 is 61.2 Å². The van der Waals surface area contributed by atoms with Crippen LogP contribution in [0.1, 0.15) is 35.2 Å².